The first-order valence-electron chi connectivity index (χ1n) is 7.26. The van der Waals surface area contributed by atoms with Crippen molar-refractivity contribution >= 4 is 0 Å². The van der Waals surface area contributed by atoms with Crippen molar-refractivity contribution in [3.8, 4) is 0 Å². The first-order valence-corrected chi connectivity index (χ1v) is 7.26. The summed E-state index contributed by atoms with van der Waals surface area (Å²) in [6, 6.07) is 5.58. The zero-order valence-electron chi connectivity index (χ0n) is 11.0. The molecule has 0 radical (unpaired) electrons. The van der Waals surface area contributed by atoms with Gasteiger partial charge in [-0.2, -0.15) is 0 Å². The largest absolute Gasteiger partial charge is 0.330 e. The quantitative estimate of drug-likeness (QED) is 0.889. The highest BCUT2D eigenvalue weighted by molar-refractivity contribution is 5.17. The molecule has 2 unspecified atom stereocenters. The maximum absolute atomic E-state index is 6.04. The molecule has 3 rings (SSSR count). The number of pyridine rings is 1. The molecule has 1 saturated heterocycles. The first-order chi connectivity index (χ1) is 8.90. The van der Waals surface area contributed by atoms with E-state index < -0.39 is 0 Å². The van der Waals surface area contributed by atoms with Crippen LogP contribution in [0.1, 0.15) is 43.7 Å². The van der Waals surface area contributed by atoms with Crippen molar-refractivity contribution in [2.75, 3.05) is 13.1 Å². The van der Waals surface area contributed by atoms with Gasteiger partial charge < -0.3 is 5.73 Å². The lowest BCUT2D eigenvalue weighted by Crippen LogP contribution is -2.37. The van der Waals surface area contributed by atoms with E-state index in [-0.39, 0.29) is 0 Å². The number of hydrogen-bond acceptors (Lipinski definition) is 3. The highest BCUT2D eigenvalue weighted by Crippen LogP contribution is 2.41. The average molecular weight is 245 g/mol. The molecule has 0 aromatic carbocycles. The summed E-state index contributed by atoms with van der Waals surface area (Å²) in [5.74, 6) is 0.595. The maximum Gasteiger partial charge on any atom is 0.0406 e. The van der Waals surface area contributed by atoms with Crippen LogP contribution in [0, 0.1) is 5.92 Å². The lowest BCUT2D eigenvalue weighted by Gasteiger charge is -2.35. The Bertz CT molecular complexity index is 375. The van der Waals surface area contributed by atoms with Gasteiger partial charge in [0.2, 0.25) is 0 Å². The Morgan fingerprint density at radius 3 is 2.83 bits per heavy atom. The predicted octanol–water partition coefficient (Wildman–Crippen LogP) is 2.35. The molecule has 1 aromatic rings. The van der Waals surface area contributed by atoms with Crippen LogP contribution in [0.2, 0.25) is 0 Å². The van der Waals surface area contributed by atoms with E-state index in [4.69, 9.17) is 5.73 Å². The summed E-state index contributed by atoms with van der Waals surface area (Å²) in [5.41, 5.74) is 7.40. The van der Waals surface area contributed by atoms with E-state index in [0.29, 0.717) is 12.0 Å². The number of rotatable bonds is 3. The maximum atomic E-state index is 6.04. The zero-order chi connectivity index (χ0) is 12.4. The van der Waals surface area contributed by atoms with Crippen LogP contribution in [0.4, 0.5) is 0 Å². The van der Waals surface area contributed by atoms with Crippen molar-refractivity contribution in [1.29, 1.82) is 0 Å². The van der Waals surface area contributed by atoms with E-state index in [0.717, 1.165) is 12.6 Å². The van der Waals surface area contributed by atoms with Crippen LogP contribution >= 0.6 is 0 Å². The molecule has 1 aromatic heterocycles. The molecular weight excluding hydrogens is 222 g/mol. The van der Waals surface area contributed by atoms with Crippen LogP contribution < -0.4 is 5.73 Å². The molecule has 2 fully saturated rings. The van der Waals surface area contributed by atoms with Crippen LogP contribution in [-0.2, 0) is 0 Å². The van der Waals surface area contributed by atoms with E-state index in [9.17, 15) is 0 Å². The van der Waals surface area contributed by atoms with Crippen molar-refractivity contribution in [2.45, 2.75) is 44.2 Å². The Morgan fingerprint density at radius 1 is 1.28 bits per heavy atom. The van der Waals surface area contributed by atoms with Gasteiger partial charge in [-0.25, -0.2) is 0 Å². The summed E-state index contributed by atoms with van der Waals surface area (Å²) in [5, 5.41) is 0. The Hall–Kier alpha value is -0.930. The smallest absolute Gasteiger partial charge is 0.0406 e. The van der Waals surface area contributed by atoms with Crippen LogP contribution in [0.3, 0.4) is 0 Å². The van der Waals surface area contributed by atoms with Gasteiger partial charge in [-0.3, -0.25) is 9.88 Å². The van der Waals surface area contributed by atoms with Gasteiger partial charge in [-0.15, -0.1) is 0 Å². The molecule has 0 bridgehead atoms. The van der Waals surface area contributed by atoms with Gasteiger partial charge in [0.1, 0.15) is 0 Å². The molecule has 3 heteroatoms. The molecule has 1 aliphatic carbocycles. The molecule has 2 aliphatic rings. The normalized spacial score (nSPS) is 30.1. The molecule has 2 atom stereocenters. The van der Waals surface area contributed by atoms with Gasteiger partial charge in [0, 0.05) is 24.5 Å². The fourth-order valence-corrected chi connectivity index (χ4v) is 3.35. The average Bonchev–Trinajstić information content (AvgIpc) is 3.25. The highest BCUT2D eigenvalue weighted by Gasteiger charge is 2.38. The predicted molar refractivity (Wildman–Crippen MR) is 73.1 cm³/mol. The van der Waals surface area contributed by atoms with Gasteiger partial charge in [0.25, 0.3) is 0 Å². The fraction of sp³-hybridized carbons (Fsp3) is 0.667. The lowest BCUT2D eigenvalue weighted by molar-refractivity contribution is 0.149. The second-order valence-corrected chi connectivity index (χ2v) is 5.69. The molecule has 18 heavy (non-hydrogen) atoms. The molecule has 2 N–H and O–H groups in total. The van der Waals surface area contributed by atoms with Gasteiger partial charge >= 0.3 is 0 Å². The van der Waals surface area contributed by atoms with Crippen LogP contribution in [0.15, 0.2) is 24.5 Å². The topological polar surface area (TPSA) is 42.1 Å². The van der Waals surface area contributed by atoms with E-state index in [2.05, 4.69) is 22.0 Å². The molecule has 1 aliphatic heterocycles. The number of likely N-dealkylation sites (tertiary alicyclic amines) is 1. The summed E-state index contributed by atoms with van der Waals surface area (Å²) in [6.45, 7) is 2.03. The third kappa shape index (κ3) is 2.43. The Balaban J connectivity index is 1.91. The molecule has 98 valence electrons. The van der Waals surface area contributed by atoms with E-state index in [1.807, 2.05) is 12.4 Å². The highest BCUT2D eigenvalue weighted by atomic mass is 15.2. The fourth-order valence-electron chi connectivity index (χ4n) is 3.35. The number of aromatic nitrogens is 1. The third-order valence-corrected chi connectivity index (χ3v) is 4.39. The van der Waals surface area contributed by atoms with E-state index in [1.165, 1.54) is 44.2 Å². The summed E-state index contributed by atoms with van der Waals surface area (Å²) in [7, 11) is 0. The first kappa shape index (κ1) is 12.1. The lowest BCUT2D eigenvalue weighted by atomic mass is 9.90. The molecular formula is C15H23N3. The van der Waals surface area contributed by atoms with Crippen LogP contribution in [0.5, 0.6) is 0 Å². The molecule has 1 saturated carbocycles. The summed E-state index contributed by atoms with van der Waals surface area (Å²) >= 11 is 0. The minimum Gasteiger partial charge on any atom is -0.330 e. The molecule has 0 spiro atoms. The van der Waals surface area contributed by atoms with Crippen molar-refractivity contribution in [3.05, 3.63) is 30.1 Å². The second kappa shape index (κ2) is 5.37. The van der Waals surface area contributed by atoms with Gasteiger partial charge in [-0.1, -0.05) is 12.5 Å². The standard InChI is InChI=1S/C15H23N3/c16-10-12-4-1-2-9-18(14-6-7-14)15(12)13-5-3-8-17-11-13/h3,5,8,11-12,14-15H,1-2,4,6-7,9-10,16H2. The van der Waals surface area contributed by atoms with Crippen LogP contribution in [-0.4, -0.2) is 29.0 Å². The van der Waals surface area contributed by atoms with Gasteiger partial charge in [0.05, 0.1) is 0 Å². The Morgan fingerprint density at radius 2 is 2.17 bits per heavy atom. The minimum atomic E-state index is 0.499. The van der Waals surface area contributed by atoms with Crippen LogP contribution in [0.25, 0.3) is 0 Å². The molecule has 0 amide bonds. The Labute approximate surface area is 109 Å². The number of nitrogens with zero attached hydrogens (tertiary/aromatic N) is 2. The van der Waals surface area contributed by atoms with E-state index >= 15 is 0 Å². The summed E-state index contributed by atoms with van der Waals surface area (Å²) in [6.07, 6.45) is 10.5. The monoisotopic (exact) mass is 245 g/mol. The van der Waals surface area contributed by atoms with Gasteiger partial charge in [0.15, 0.2) is 0 Å². The summed E-state index contributed by atoms with van der Waals surface area (Å²) < 4.78 is 0. The third-order valence-electron chi connectivity index (χ3n) is 4.39. The van der Waals surface area contributed by atoms with Crippen molar-refractivity contribution < 1.29 is 0 Å². The Kier molecular flexibility index (Phi) is 3.62. The van der Waals surface area contributed by atoms with E-state index in [1.54, 1.807) is 0 Å². The zero-order valence-corrected chi connectivity index (χ0v) is 11.0. The second-order valence-electron chi connectivity index (χ2n) is 5.69. The van der Waals surface area contributed by atoms with Crippen molar-refractivity contribution in [3.63, 3.8) is 0 Å². The summed E-state index contributed by atoms with van der Waals surface area (Å²) in [4.78, 5) is 7.02. The number of nitrogens with two attached hydrogens (primary N) is 1. The molecule has 2 heterocycles. The number of hydrogen-bond donors (Lipinski definition) is 1. The van der Waals surface area contributed by atoms with Crippen molar-refractivity contribution in [1.82, 2.24) is 9.88 Å². The van der Waals surface area contributed by atoms with Gasteiger partial charge in [-0.05, 0) is 56.3 Å². The molecule has 3 nitrogen and oxygen atoms in total. The van der Waals surface area contributed by atoms with Crippen molar-refractivity contribution in [2.24, 2.45) is 11.7 Å². The SMILES string of the molecule is NCC1CCCCN(C2CC2)C1c1cccnc1. The minimum absolute atomic E-state index is 0.499.